The van der Waals surface area contributed by atoms with Crippen molar-refractivity contribution in [3.8, 4) is 17.5 Å². The van der Waals surface area contributed by atoms with Crippen LogP contribution in [-0.4, -0.2) is 15.7 Å². The molecule has 0 unspecified atom stereocenters. The number of hydrogen-bond acceptors (Lipinski definition) is 5. The molecule has 0 aliphatic heterocycles. The van der Waals surface area contributed by atoms with Gasteiger partial charge in [-0.3, -0.25) is 4.79 Å². The van der Waals surface area contributed by atoms with Crippen LogP contribution in [0, 0.1) is 11.3 Å². The Bertz CT molecular complexity index is 1480. The number of benzene rings is 3. The van der Waals surface area contributed by atoms with Crippen LogP contribution < -0.4 is 10.1 Å². The summed E-state index contributed by atoms with van der Waals surface area (Å²) in [6.45, 7) is 0.178. The highest BCUT2D eigenvalue weighted by atomic mass is 16.5. The lowest BCUT2D eigenvalue weighted by atomic mass is 10.1. The van der Waals surface area contributed by atoms with E-state index in [0.29, 0.717) is 11.5 Å². The van der Waals surface area contributed by atoms with Crippen LogP contribution in [0.25, 0.3) is 16.5 Å². The number of fused-ring (bicyclic) bond motifs is 1. The molecule has 33 heavy (non-hydrogen) atoms. The van der Waals surface area contributed by atoms with E-state index in [0.717, 1.165) is 16.5 Å². The van der Waals surface area contributed by atoms with Crippen molar-refractivity contribution in [2.24, 2.45) is 0 Å². The maximum atomic E-state index is 12.8. The van der Waals surface area contributed by atoms with Gasteiger partial charge >= 0.3 is 0 Å². The molecule has 0 fully saturated rings. The summed E-state index contributed by atoms with van der Waals surface area (Å²) in [5, 5.41) is 18.6. The maximum Gasteiger partial charge on any atom is 0.292 e. The molecule has 5 rings (SSSR count). The van der Waals surface area contributed by atoms with Crippen molar-refractivity contribution in [1.82, 2.24) is 9.78 Å². The molecule has 1 amide bonds. The zero-order chi connectivity index (χ0) is 22.6. The predicted molar refractivity (Wildman–Crippen MR) is 123 cm³/mol. The predicted octanol–water partition coefficient (Wildman–Crippen LogP) is 5.32. The number of nitriles is 1. The molecule has 0 aliphatic rings. The zero-order valence-electron chi connectivity index (χ0n) is 17.4. The molecule has 5 aromatic rings. The number of nitrogens with zero attached hydrogens (tertiary/aromatic N) is 3. The third-order valence-electron chi connectivity index (χ3n) is 5.11. The molecule has 160 valence electrons. The van der Waals surface area contributed by atoms with Crippen LogP contribution in [0.5, 0.6) is 5.75 Å². The highest BCUT2D eigenvalue weighted by Gasteiger charge is 2.18. The van der Waals surface area contributed by atoms with Crippen molar-refractivity contribution in [3.63, 3.8) is 0 Å². The zero-order valence-corrected chi connectivity index (χ0v) is 17.4. The molecule has 0 bridgehead atoms. The number of rotatable bonds is 6. The van der Waals surface area contributed by atoms with E-state index in [-0.39, 0.29) is 23.7 Å². The summed E-state index contributed by atoms with van der Waals surface area (Å²) in [6.07, 6.45) is 1.41. The second kappa shape index (κ2) is 8.73. The molecular weight excluding hydrogens is 416 g/mol. The summed E-state index contributed by atoms with van der Waals surface area (Å²) in [7, 11) is 0. The van der Waals surface area contributed by atoms with E-state index >= 15 is 0 Å². The van der Waals surface area contributed by atoms with Gasteiger partial charge in [0.25, 0.3) is 5.91 Å². The Kier molecular flexibility index (Phi) is 5.32. The summed E-state index contributed by atoms with van der Waals surface area (Å²) < 4.78 is 13.0. The molecule has 7 nitrogen and oxygen atoms in total. The molecule has 0 spiro atoms. The van der Waals surface area contributed by atoms with Gasteiger partial charge in [0.15, 0.2) is 11.6 Å². The fourth-order valence-electron chi connectivity index (χ4n) is 3.47. The lowest BCUT2D eigenvalue weighted by Crippen LogP contribution is -2.15. The van der Waals surface area contributed by atoms with Crippen molar-refractivity contribution in [2.45, 2.75) is 6.61 Å². The number of nitrogens with one attached hydrogen (secondary N) is 1. The van der Waals surface area contributed by atoms with Crippen molar-refractivity contribution < 1.29 is 13.9 Å². The number of aromatic nitrogens is 2. The minimum Gasteiger partial charge on any atom is -0.486 e. The van der Waals surface area contributed by atoms with Gasteiger partial charge in [-0.15, -0.1) is 0 Å². The minimum atomic E-state index is -0.485. The Morgan fingerprint density at radius 1 is 1.00 bits per heavy atom. The second-order valence-corrected chi connectivity index (χ2v) is 7.28. The monoisotopic (exact) mass is 434 g/mol. The summed E-state index contributed by atoms with van der Waals surface area (Å²) in [6, 6.07) is 28.4. The maximum absolute atomic E-state index is 12.8. The van der Waals surface area contributed by atoms with Gasteiger partial charge in [0.05, 0.1) is 11.9 Å². The fourth-order valence-corrected chi connectivity index (χ4v) is 3.47. The van der Waals surface area contributed by atoms with Gasteiger partial charge in [0.1, 0.15) is 29.7 Å². The van der Waals surface area contributed by atoms with Crippen LogP contribution >= 0.6 is 0 Å². The standard InChI is InChI=1S/C26H18N4O3/c27-15-20-16-28-30(21-8-2-1-3-9-21)25(20)29-26(31)24-13-12-23(33-24)17-32-22-11-10-18-6-4-5-7-19(18)14-22/h1-14,16H,17H2,(H,29,31). The Morgan fingerprint density at radius 3 is 2.61 bits per heavy atom. The molecule has 1 N–H and O–H groups in total. The lowest BCUT2D eigenvalue weighted by Gasteiger charge is -2.08. The normalized spacial score (nSPS) is 10.6. The Morgan fingerprint density at radius 2 is 1.79 bits per heavy atom. The van der Waals surface area contributed by atoms with E-state index in [9.17, 15) is 10.1 Å². The second-order valence-electron chi connectivity index (χ2n) is 7.28. The fraction of sp³-hybridized carbons (Fsp3) is 0.0385. The molecule has 3 aromatic carbocycles. The van der Waals surface area contributed by atoms with E-state index in [1.54, 1.807) is 12.1 Å². The first-order chi connectivity index (χ1) is 16.2. The van der Waals surface area contributed by atoms with E-state index in [1.807, 2.05) is 72.8 Å². The van der Waals surface area contributed by atoms with E-state index < -0.39 is 5.91 Å². The van der Waals surface area contributed by atoms with E-state index in [2.05, 4.69) is 16.5 Å². The van der Waals surface area contributed by atoms with E-state index in [1.165, 1.54) is 10.9 Å². The number of anilines is 1. The summed E-state index contributed by atoms with van der Waals surface area (Å²) >= 11 is 0. The van der Waals surface area contributed by atoms with E-state index in [4.69, 9.17) is 9.15 Å². The van der Waals surface area contributed by atoms with Crippen LogP contribution in [-0.2, 0) is 6.61 Å². The molecule has 0 saturated heterocycles. The Balaban J connectivity index is 1.30. The number of carbonyl (C=O) groups is 1. The summed E-state index contributed by atoms with van der Waals surface area (Å²) in [4.78, 5) is 12.8. The van der Waals surface area contributed by atoms with Gasteiger partial charge in [0.2, 0.25) is 0 Å². The molecule has 0 aliphatic carbocycles. The number of para-hydroxylation sites is 1. The highest BCUT2D eigenvalue weighted by molar-refractivity contribution is 6.02. The van der Waals surface area contributed by atoms with Crippen LogP contribution in [0.15, 0.2) is 95.5 Å². The van der Waals surface area contributed by atoms with Crippen molar-refractivity contribution in [3.05, 3.63) is 108 Å². The topological polar surface area (TPSA) is 93.1 Å². The summed E-state index contributed by atoms with van der Waals surface area (Å²) in [5.74, 6) is 1.11. The number of amides is 1. The largest absolute Gasteiger partial charge is 0.486 e. The average molecular weight is 434 g/mol. The molecule has 0 saturated carbocycles. The Labute approximate surface area is 189 Å². The third-order valence-corrected chi connectivity index (χ3v) is 5.11. The van der Waals surface area contributed by atoms with Crippen molar-refractivity contribution in [1.29, 1.82) is 5.26 Å². The van der Waals surface area contributed by atoms with Gasteiger partial charge in [0, 0.05) is 0 Å². The first-order valence-corrected chi connectivity index (χ1v) is 10.3. The number of carbonyl (C=O) groups excluding carboxylic acids is 1. The van der Waals surface area contributed by atoms with Crippen molar-refractivity contribution in [2.75, 3.05) is 5.32 Å². The van der Waals surface area contributed by atoms with Gasteiger partial charge < -0.3 is 14.5 Å². The van der Waals surface area contributed by atoms with Gasteiger partial charge in [-0.2, -0.15) is 10.4 Å². The Hall–Kier alpha value is -4.83. The first kappa shape index (κ1) is 20.1. The van der Waals surface area contributed by atoms with Crippen LogP contribution in [0.2, 0.25) is 0 Å². The molecule has 7 heteroatoms. The SMILES string of the molecule is N#Cc1cnn(-c2ccccc2)c1NC(=O)c1ccc(COc2ccc3ccccc3c2)o1. The van der Waals surface area contributed by atoms with Crippen LogP contribution in [0.1, 0.15) is 21.9 Å². The molecule has 2 heterocycles. The molecule has 0 radical (unpaired) electrons. The number of furan rings is 1. The average Bonchev–Trinajstić information content (AvgIpc) is 3.50. The third kappa shape index (κ3) is 4.18. The number of hydrogen-bond donors (Lipinski definition) is 1. The molecule has 0 atom stereocenters. The number of ether oxygens (including phenoxy) is 1. The van der Waals surface area contributed by atoms with Gasteiger partial charge in [-0.25, -0.2) is 4.68 Å². The van der Waals surface area contributed by atoms with Crippen molar-refractivity contribution >= 4 is 22.5 Å². The van der Waals surface area contributed by atoms with Crippen LogP contribution in [0.4, 0.5) is 5.82 Å². The quantitative estimate of drug-likeness (QED) is 0.390. The van der Waals surface area contributed by atoms with Gasteiger partial charge in [-0.05, 0) is 47.2 Å². The highest BCUT2D eigenvalue weighted by Crippen LogP contribution is 2.23. The minimum absolute atomic E-state index is 0.108. The smallest absolute Gasteiger partial charge is 0.292 e. The van der Waals surface area contributed by atoms with Crippen LogP contribution in [0.3, 0.4) is 0 Å². The lowest BCUT2D eigenvalue weighted by molar-refractivity contribution is 0.0992. The van der Waals surface area contributed by atoms with Gasteiger partial charge in [-0.1, -0.05) is 48.5 Å². The molecular formula is C26H18N4O3. The first-order valence-electron chi connectivity index (χ1n) is 10.3. The molecule has 2 aromatic heterocycles. The summed E-state index contributed by atoms with van der Waals surface area (Å²) in [5.41, 5.74) is 0.969.